The van der Waals surface area contributed by atoms with E-state index in [0.717, 1.165) is 13.1 Å². The lowest BCUT2D eigenvalue weighted by Crippen LogP contribution is -2.28. The molecule has 0 aromatic carbocycles. The Morgan fingerprint density at radius 2 is 2.14 bits per heavy atom. The lowest BCUT2D eigenvalue weighted by molar-refractivity contribution is -0.137. The van der Waals surface area contributed by atoms with Crippen LogP contribution in [0.5, 0.6) is 0 Å². The van der Waals surface area contributed by atoms with Crippen LogP contribution in [-0.4, -0.2) is 36.6 Å². The van der Waals surface area contributed by atoms with E-state index in [4.69, 9.17) is 4.74 Å². The molecule has 14 heavy (non-hydrogen) atoms. The summed E-state index contributed by atoms with van der Waals surface area (Å²) in [4.78, 5) is 13.4. The van der Waals surface area contributed by atoms with Crippen molar-refractivity contribution in [2.45, 2.75) is 32.7 Å². The monoisotopic (exact) mass is 197 g/mol. The molecule has 1 aliphatic rings. The van der Waals surface area contributed by atoms with Crippen molar-refractivity contribution in [2.75, 3.05) is 19.7 Å². The lowest BCUT2D eigenvalue weighted by Gasteiger charge is -2.19. The third kappa shape index (κ3) is 3.50. The molecule has 1 rings (SSSR count). The minimum Gasteiger partial charge on any atom is -0.463 e. The molecule has 0 aromatic heterocycles. The second kappa shape index (κ2) is 5.81. The maximum Gasteiger partial charge on any atom is 0.330 e. The predicted molar refractivity (Wildman–Crippen MR) is 56.0 cm³/mol. The number of ether oxygens (including phenoxy) is 1. The molecule has 1 atom stereocenters. The highest BCUT2D eigenvalue weighted by Crippen LogP contribution is 2.11. The first-order valence-electron chi connectivity index (χ1n) is 5.33. The quantitative estimate of drug-likeness (QED) is 0.506. The van der Waals surface area contributed by atoms with Crippen LogP contribution in [0.25, 0.3) is 0 Å². The van der Waals surface area contributed by atoms with Gasteiger partial charge in [-0.2, -0.15) is 0 Å². The highest BCUT2D eigenvalue weighted by Gasteiger charge is 2.15. The summed E-state index contributed by atoms with van der Waals surface area (Å²) in [5, 5.41) is 0. The van der Waals surface area contributed by atoms with Gasteiger partial charge in [0.15, 0.2) is 0 Å². The molecule has 0 N–H and O–H groups in total. The van der Waals surface area contributed by atoms with Crippen LogP contribution >= 0.6 is 0 Å². The number of nitrogens with zero attached hydrogens (tertiary/aromatic N) is 1. The summed E-state index contributed by atoms with van der Waals surface area (Å²) in [6.07, 6.45) is 6.00. The van der Waals surface area contributed by atoms with Gasteiger partial charge in [0.2, 0.25) is 0 Å². The standard InChI is InChI=1S/C11H19NO2/c1-3-14-11(13)7-6-10(2)12-8-4-5-9-12/h6-7,10H,3-5,8-9H2,1-2H3/b7-6+/t10-/m0/s1. The van der Waals surface area contributed by atoms with E-state index in [0.29, 0.717) is 12.6 Å². The van der Waals surface area contributed by atoms with Crippen molar-refractivity contribution in [3.8, 4) is 0 Å². The lowest BCUT2D eigenvalue weighted by atomic mass is 10.2. The van der Waals surface area contributed by atoms with Gasteiger partial charge in [0.1, 0.15) is 0 Å². The summed E-state index contributed by atoms with van der Waals surface area (Å²) in [6, 6.07) is 0.349. The third-order valence-corrected chi connectivity index (χ3v) is 2.51. The summed E-state index contributed by atoms with van der Waals surface area (Å²) in [7, 11) is 0. The Bertz CT molecular complexity index is 207. The summed E-state index contributed by atoms with van der Waals surface area (Å²) in [5.74, 6) is -0.237. The first-order valence-corrected chi connectivity index (χ1v) is 5.33. The average Bonchev–Trinajstić information content (AvgIpc) is 2.67. The molecular formula is C11H19NO2. The summed E-state index contributed by atoms with van der Waals surface area (Å²) in [5.41, 5.74) is 0. The molecule has 1 heterocycles. The third-order valence-electron chi connectivity index (χ3n) is 2.51. The summed E-state index contributed by atoms with van der Waals surface area (Å²) < 4.78 is 4.81. The zero-order valence-corrected chi connectivity index (χ0v) is 9.03. The number of rotatable bonds is 4. The Labute approximate surface area is 85.7 Å². The molecule has 0 saturated carbocycles. The maximum atomic E-state index is 11.0. The molecule has 1 fully saturated rings. The van der Waals surface area contributed by atoms with E-state index < -0.39 is 0 Å². The minimum absolute atomic E-state index is 0.237. The number of esters is 1. The molecule has 3 nitrogen and oxygen atoms in total. The smallest absolute Gasteiger partial charge is 0.330 e. The van der Waals surface area contributed by atoms with E-state index in [9.17, 15) is 4.79 Å². The van der Waals surface area contributed by atoms with Crippen LogP contribution in [0.4, 0.5) is 0 Å². The molecule has 0 radical (unpaired) electrons. The van der Waals surface area contributed by atoms with Crippen LogP contribution in [0.15, 0.2) is 12.2 Å². The van der Waals surface area contributed by atoms with Gasteiger partial charge in [-0.25, -0.2) is 4.79 Å². The molecule has 3 heteroatoms. The predicted octanol–water partition coefficient (Wildman–Crippen LogP) is 1.59. The van der Waals surface area contributed by atoms with Gasteiger partial charge in [-0.15, -0.1) is 0 Å². The molecule has 0 unspecified atom stereocenters. The molecule has 0 spiro atoms. The number of hydrogen-bond donors (Lipinski definition) is 0. The molecule has 0 aromatic rings. The van der Waals surface area contributed by atoms with Crippen molar-refractivity contribution in [3.63, 3.8) is 0 Å². The number of carbonyl (C=O) groups excluding carboxylic acids is 1. The van der Waals surface area contributed by atoms with Crippen molar-refractivity contribution < 1.29 is 9.53 Å². The van der Waals surface area contributed by atoms with Gasteiger partial charge in [0, 0.05) is 12.1 Å². The first kappa shape index (κ1) is 11.2. The highest BCUT2D eigenvalue weighted by molar-refractivity contribution is 5.81. The molecule has 80 valence electrons. The van der Waals surface area contributed by atoms with Crippen molar-refractivity contribution in [3.05, 3.63) is 12.2 Å². The van der Waals surface area contributed by atoms with Gasteiger partial charge < -0.3 is 4.74 Å². The van der Waals surface area contributed by atoms with Crippen LogP contribution < -0.4 is 0 Å². The molecule has 1 aliphatic heterocycles. The number of likely N-dealkylation sites (tertiary alicyclic amines) is 1. The van der Waals surface area contributed by atoms with E-state index in [1.165, 1.54) is 18.9 Å². The number of carbonyl (C=O) groups is 1. The Hall–Kier alpha value is -0.830. The summed E-state index contributed by atoms with van der Waals surface area (Å²) in [6.45, 7) is 6.67. The van der Waals surface area contributed by atoms with E-state index in [2.05, 4.69) is 11.8 Å². The zero-order valence-electron chi connectivity index (χ0n) is 9.03. The second-order valence-corrected chi connectivity index (χ2v) is 3.59. The van der Waals surface area contributed by atoms with Crippen molar-refractivity contribution in [1.29, 1.82) is 0 Å². The van der Waals surface area contributed by atoms with Crippen LogP contribution in [0.2, 0.25) is 0 Å². The number of hydrogen-bond acceptors (Lipinski definition) is 3. The van der Waals surface area contributed by atoms with Crippen molar-refractivity contribution in [1.82, 2.24) is 4.90 Å². The fraction of sp³-hybridized carbons (Fsp3) is 0.727. The fourth-order valence-corrected chi connectivity index (χ4v) is 1.68. The molecule has 0 aliphatic carbocycles. The minimum atomic E-state index is -0.237. The normalized spacial score (nSPS) is 20.1. The van der Waals surface area contributed by atoms with E-state index >= 15 is 0 Å². The Morgan fingerprint density at radius 3 is 2.71 bits per heavy atom. The Morgan fingerprint density at radius 1 is 1.50 bits per heavy atom. The Balaban J connectivity index is 2.30. The van der Waals surface area contributed by atoms with Gasteiger partial charge in [-0.1, -0.05) is 6.08 Å². The van der Waals surface area contributed by atoms with Gasteiger partial charge in [-0.05, 0) is 39.8 Å². The van der Waals surface area contributed by atoms with Crippen LogP contribution in [0.1, 0.15) is 26.7 Å². The second-order valence-electron chi connectivity index (χ2n) is 3.59. The molecule has 0 bridgehead atoms. The van der Waals surface area contributed by atoms with Crippen LogP contribution in [-0.2, 0) is 9.53 Å². The SMILES string of the molecule is CCOC(=O)/C=C/[C@H](C)N1CCCC1. The summed E-state index contributed by atoms with van der Waals surface area (Å²) >= 11 is 0. The van der Waals surface area contributed by atoms with Gasteiger partial charge in [0.25, 0.3) is 0 Å². The van der Waals surface area contributed by atoms with Crippen molar-refractivity contribution in [2.24, 2.45) is 0 Å². The van der Waals surface area contributed by atoms with Gasteiger partial charge in [0.05, 0.1) is 6.61 Å². The van der Waals surface area contributed by atoms with Crippen molar-refractivity contribution >= 4 is 5.97 Å². The van der Waals surface area contributed by atoms with Gasteiger partial charge in [-0.3, -0.25) is 4.90 Å². The average molecular weight is 197 g/mol. The van der Waals surface area contributed by atoms with Crippen LogP contribution in [0.3, 0.4) is 0 Å². The first-order chi connectivity index (χ1) is 6.74. The van der Waals surface area contributed by atoms with Gasteiger partial charge >= 0.3 is 5.97 Å². The topological polar surface area (TPSA) is 29.5 Å². The van der Waals surface area contributed by atoms with Crippen LogP contribution in [0, 0.1) is 0 Å². The molecular weight excluding hydrogens is 178 g/mol. The molecule has 0 amide bonds. The van der Waals surface area contributed by atoms with E-state index in [1.54, 1.807) is 0 Å². The Kier molecular flexibility index (Phi) is 4.66. The van der Waals surface area contributed by atoms with E-state index in [-0.39, 0.29) is 5.97 Å². The highest BCUT2D eigenvalue weighted by atomic mass is 16.5. The largest absolute Gasteiger partial charge is 0.463 e. The zero-order chi connectivity index (χ0) is 10.4. The maximum absolute atomic E-state index is 11.0. The van der Waals surface area contributed by atoms with E-state index in [1.807, 2.05) is 13.0 Å². The molecule has 1 saturated heterocycles. The fourth-order valence-electron chi connectivity index (χ4n) is 1.68.